The van der Waals surface area contributed by atoms with E-state index in [4.69, 9.17) is 11.6 Å². The van der Waals surface area contributed by atoms with Gasteiger partial charge in [0.15, 0.2) is 0 Å². The molecule has 24 heavy (non-hydrogen) atoms. The number of nitrogens with one attached hydrogen (secondary N) is 1. The van der Waals surface area contributed by atoms with Crippen LogP contribution >= 0.6 is 23.4 Å². The molecule has 0 saturated heterocycles. The van der Waals surface area contributed by atoms with Crippen molar-refractivity contribution in [3.63, 3.8) is 0 Å². The fourth-order valence-electron chi connectivity index (χ4n) is 2.16. The van der Waals surface area contributed by atoms with E-state index in [0.29, 0.717) is 21.7 Å². The summed E-state index contributed by atoms with van der Waals surface area (Å²) in [6.07, 6.45) is 1.33. The van der Waals surface area contributed by atoms with Crippen molar-refractivity contribution in [3.05, 3.63) is 75.8 Å². The van der Waals surface area contributed by atoms with Crippen molar-refractivity contribution in [1.29, 1.82) is 0 Å². The lowest BCUT2D eigenvalue weighted by Crippen LogP contribution is -2.34. The van der Waals surface area contributed by atoms with E-state index in [1.807, 2.05) is 30.3 Å². The summed E-state index contributed by atoms with van der Waals surface area (Å²) in [5, 5.41) is 1.15. The van der Waals surface area contributed by atoms with Gasteiger partial charge in [0, 0.05) is 10.8 Å². The number of thioether (sulfide) groups is 1. The summed E-state index contributed by atoms with van der Waals surface area (Å²) >= 11 is 7.29. The smallest absolute Gasteiger partial charge is 0.272 e. The molecular formula is C17H14ClN3O2S. The molecule has 0 spiro atoms. The van der Waals surface area contributed by atoms with Crippen LogP contribution in [-0.4, -0.2) is 21.3 Å². The SMILES string of the molecule is O=C(CSCc1ccc(Cl)cc1)Nn1cnc2ccccc2c1=O. The van der Waals surface area contributed by atoms with Crippen LogP contribution in [0.5, 0.6) is 0 Å². The Morgan fingerprint density at radius 1 is 1.17 bits per heavy atom. The van der Waals surface area contributed by atoms with Crippen molar-refractivity contribution < 1.29 is 4.79 Å². The Balaban J connectivity index is 1.60. The van der Waals surface area contributed by atoms with Gasteiger partial charge in [-0.3, -0.25) is 15.0 Å². The third-order valence-corrected chi connectivity index (χ3v) is 4.58. The average molecular weight is 360 g/mol. The summed E-state index contributed by atoms with van der Waals surface area (Å²) in [7, 11) is 0. The molecule has 0 unspecified atom stereocenters. The van der Waals surface area contributed by atoms with Crippen LogP contribution in [0, 0.1) is 0 Å². The summed E-state index contributed by atoms with van der Waals surface area (Å²) in [5.74, 6) is 0.672. The fraction of sp³-hybridized carbons (Fsp3) is 0.118. The Labute approximate surface area is 147 Å². The molecule has 0 aliphatic heterocycles. The Morgan fingerprint density at radius 2 is 1.92 bits per heavy atom. The highest BCUT2D eigenvalue weighted by molar-refractivity contribution is 7.99. The van der Waals surface area contributed by atoms with Crippen molar-refractivity contribution in [2.45, 2.75) is 5.75 Å². The molecule has 3 rings (SSSR count). The second-order valence-corrected chi connectivity index (χ2v) is 6.51. The number of fused-ring (bicyclic) bond motifs is 1. The number of hydrogen-bond donors (Lipinski definition) is 1. The maximum absolute atomic E-state index is 12.3. The summed E-state index contributed by atoms with van der Waals surface area (Å²) in [6, 6.07) is 14.5. The maximum atomic E-state index is 12.3. The van der Waals surface area contributed by atoms with Crippen LogP contribution in [-0.2, 0) is 10.5 Å². The van der Waals surface area contributed by atoms with E-state index >= 15 is 0 Å². The first kappa shape index (κ1) is 16.5. The first-order chi connectivity index (χ1) is 11.6. The van der Waals surface area contributed by atoms with E-state index in [-0.39, 0.29) is 17.2 Å². The standard InChI is InChI=1S/C17H14ClN3O2S/c18-13-7-5-12(6-8-13)9-24-10-16(22)20-21-11-19-15-4-2-1-3-14(15)17(21)23/h1-8,11H,9-10H2,(H,20,22). The van der Waals surface area contributed by atoms with Gasteiger partial charge in [0.05, 0.1) is 16.7 Å². The van der Waals surface area contributed by atoms with Crippen molar-refractivity contribution >= 4 is 40.2 Å². The van der Waals surface area contributed by atoms with Crippen LogP contribution < -0.4 is 11.0 Å². The number of benzene rings is 2. The number of carbonyl (C=O) groups is 1. The molecule has 7 heteroatoms. The topological polar surface area (TPSA) is 64.0 Å². The average Bonchev–Trinajstić information content (AvgIpc) is 2.59. The zero-order chi connectivity index (χ0) is 16.9. The van der Waals surface area contributed by atoms with Crippen LogP contribution in [0.15, 0.2) is 59.7 Å². The third-order valence-electron chi connectivity index (χ3n) is 3.33. The van der Waals surface area contributed by atoms with E-state index in [2.05, 4.69) is 10.4 Å². The van der Waals surface area contributed by atoms with Crippen molar-refractivity contribution in [1.82, 2.24) is 9.66 Å². The van der Waals surface area contributed by atoms with Gasteiger partial charge < -0.3 is 0 Å². The second-order valence-electron chi connectivity index (χ2n) is 5.09. The minimum atomic E-state index is -0.295. The molecule has 5 nitrogen and oxygen atoms in total. The summed E-state index contributed by atoms with van der Waals surface area (Å²) < 4.78 is 1.12. The Bertz CT molecular complexity index is 925. The van der Waals surface area contributed by atoms with E-state index in [0.717, 1.165) is 10.2 Å². The monoisotopic (exact) mass is 359 g/mol. The van der Waals surface area contributed by atoms with Gasteiger partial charge in [0.25, 0.3) is 5.56 Å². The molecule has 2 aromatic carbocycles. The number of carbonyl (C=O) groups excluding carboxylic acids is 1. The normalized spacial score (nSPS) is 10.7. The number of nitrogens with zero attached hydrogens (tertiary/aromatic N) is 2. The molecule has 0 fully saturated rings. The van der Waals surface area contributed by atoms with Crippen LogP contribution in [0.3, 0.4) is 0 Å². The van der Waals surface area contributed by atoms with Crippen molar-refractivity contribution in [2.75, 3.05) is 11.2 Å². The molecule has 0 aliphatic rings. The van der Waals surface area contributed by atoms with E-state index in [1.54, 1.807) is 18.2 Å². The van der Waals surface area contributed by atoms with Crippen molar-refractivity contribution in [3.8, 4) is 0 Å². The largest absolute Gasteiger partial charge is 0.280 e. The second kappa shape index (κ2) is 7.51. The minimum Gasteiger partial charge on any atom is -0.272 e. The molecular weight excluding hydrogens is 346 g/mol. The number of para-hydroxylation sites is 1. The summed E-state index contributed by atoms with van der Waals surface area (Å²) in [6.45, 7) is 0. The van der Waals surface area contributed by atoms with Crippen LogP contribution in [0.25, 0.3) is 10.9 Å². The lowest BCUT2D eigenvalue weighted by atomic mass is 10.2. The van der Waals surface area contributed by atoms with Gasteiger partial charge in [-0.1, -0.05) is 35.9 Å². The number of amides is 1. The molecule has 0 saturated carbocycles. The van der Waals surface area contributed by atoms with Gasteiger partial charge >= 0.3 is 0 Å². The molecule has 0 radical (unpaired) electrons. The molecule has 1 N–H and O–H groups in total. The van der Waals surface area contributed by atoms with Gasteiger partial charge in [0.2, 0.25) is 5.91 Å². The Morgan fingerprint density at radius 3 is 2.71 bits per heavy atom. The van der Waals surface area contributed by atoms with Crippen LogP contribution in [0.4, 0.5) is 0 Å². The number of hydrogen-bond acceptors (Lipinski definition) is 4. The highest BCUT2D eigenvalue weighted by Crippen LogP contribution is 2.15. The molecule has 0 bridgehead atoms. The fourth-order valence-corrected chi connectivity index (χ4v) is 3.06. The van der Waals surface area contributed by atoms with Gasteiger partial charge in [-0.2, -0.15) is 0 Å². The van der Waals surface area contributed by atoms with Gasteiger partial charge in [-0.25, -0.2) is 9.66 Å². The Kier molecular flexibility index (Phi) is 5.17. The highest BCUT2D eigenvalue weighted by atomic mass is 35.5. The molecule has 1 amide bonds. The predicted molar refractivity (Wildman–Crippen MR) is 98.0 cm³/mol. The lowest BCUT2D eigenvalue weighted by Gasteiger charge is -2.08. The predicted octanol–water partition coefficient (Wildman–Crippen LogP) is 3.05. The van der Waals surface area contributed by atoms with E-state index in [9.17, 15) is 9.59 Å². The minimum absolute atomic E-state index is 0.238. The van der Waals surface area contributed by atoms with Gasteiger partial charge in [0.1, 0.15) is 6.33 Å². The van der Waals surface area contributed by atoms with Gasteiger partial charge in [-0.05, 0) is 29.8 Å². The van der Waals surface area contributed by atoms with Crippen molar-refractivity contribution in [2.24, 2.45) is 0 Å². The first-order valence-corrected chi connectivity index (χ1v) is 8.75. The summed E-state index contributed by atoms with van der Waals surface area (Å²) in [5.41, 5.74) is 3.95. The Hall–Kier alpha value is -2.31. The van der Waals surface area contributed by atoms with E-state index in [1.165, 1.54) is 18.1 Å². The number of aromatic nitrogens is 2. The third kappa shape index (κ3) is 3.96. The molecule has 122 valence electrons. The first-order valence-electron chi connectivity index (χ1n) is 7.22. The quantitative estimate of drug-likeness (QED) is 0.760. The maximum Gasteiger partial charge on any atom is 0.280 e. The number of halogens is 1. The molecule has 1 aromatic heterocycles. The molecule has 3 aromatic rings. The van der Waals surface area contributed by atoms with Crippen LogP contribution in [0.2, 0.25) is 5.02 Å². The van der Waals surface area contributed by atoms with Crippen LogP contribution in [0.1, 0.15) is 5.56 Å². The number of rotatable bonds is 5. The highest BCUT2D eigenvalue weighted by Gasteiger charge is 2.07. The molecule has 0 atom stereocenters. The van der Waals surface area contributed by atoms with E-state index < -0.39 is 0 Å². The zero-order valence-corrected chi connectivity index (χ0v) is 14.2. The molecule has 0 aliphatic carbocycles. The zero-order valence-electron chi connectivity index (χ0n) is 12.6. The summed E-state index contributed by atoms with van der Waals surface area (Å²) in [4.78, 5) is 28.4. The van der Waals surface area contributed by atoms with Gasteiger partial charge in [-0.15, -0.1) is 11.8 Å². The molecule has 1 heterocycles. The lowest BCUT2D eigenvalue weighted by molar-refractivity contribution is -0.114.